The van der Waals surface area contributed by atoms with E-state index in [9.17, 15) is 22.8 Å². The predicted molar refractivity (Wildman–Crippen MR) is 163 cm³/mol. The average Bonchev–Trinajstić information content (AvgIpc) is 3.44. The monoisotopic (exact) mass is 597 g/mol. The van der Waals surface area contributed by atoms with Crippen molar-refractivity contribution in [1.29, 1.82) is 0 Å². The maximum absolute atomic E-state index is 13.8. The van der Waals surface area contributed by atoms with Gasteiger partial charge >= 0.3 is 0 Å². The number of hydrogen-bond acceptors (Lipinski definition) is 5. The Kier molecular flexibility index (Phi) is 7.95. The molecule has 1 fully saturated rings. The molecular weight excluding hydrogens is 567 g/mol. The van der Waals surface area contributed by atoms with E-state index < -0.39 is 5.92 Å². The number of Topliss-reactive ketones (excluding diaryl/α,β-unsaturated/α-hetero) is 1. The highest BCUT2D eigenvalue weighted by Gasteiger charge is 2.35. The standard InChI is InChI=1S/C35H30F3N3O3/c36-28-8-6-24(7-9-28)31-20-26(23-2-4-25(5-3-23)34(43)41-15-13-35(37,38)14-16-41)18-27-19-30(44-33(27)31)11-10-29(42)17-22-1-12-32(39)40-21-22/h1-9,12,18-21H,10-11,13-17H2,(H2,39,40). The van der Waals surface area contributed by atoms with Gasteiger partial charge in [0.1, 0.15) is 28.8 Å². The molecule has 6 nitrogen and oxygen atoms in total. The van der Waals surface area contributed by atoms with E-state index in [1.807, 2.05) is 30.3 Å². The van der Waals surface area contributed by atoms with Crippen LogP contribution in [0.2, 0.25) is 0 Å². The van der Waals surface area contributed by atoms with Crippen LogP contribution in [0.5, 0.6) is 0 Å². The molecule has 9 heteroatoms. The SMILES string of the molecule is Nc1ccc(CC(=O)CCc2cc3cc(-c4ccc(C(=O)N5CCC(F)(F)CC5)cc4)cc(-c4ccc(F)cc4)c3o2)cn1. The van der Waals surface area contributed by atoms with Crippen molar-refractivity contribution < 1.29 is 27.2 Å². The van der Waals surface area contributed by atoms with Crippen molar-refractivity contribution in [3.8, 4) is 22.3 Å². The Labute approximate surface area is 252 Å². The summed E-state index contributed by atoms with van der Waals surface area (Å²) in [6.07, 6.45) is 1.89. The molecule has 0 radical (unpaired) electrons. The molecule has 3 heterocycles. The van der Waals surface area contributed by atoms with Gasteiger partial charge in [0.15, 0.2) is 0 Å². The normalized spacial score (nSPS) is 14.6. The van der Waals surface area contributed by atoms with Crippen LogP contribution in [0.15, 0.2) is 89.5 Å². The van der Waals surface area contributed by atoms with E-state index in [1.165, 1.54) is 17.0 Å². The lowest BCUT2D eigenvalue weighted by Crippen LogP contribution is -2.42. The molecule has 3 aromatic carbocycles. The lowest BCUT2D eigenvalue weighted by Gasteiger charge is -2.31. The quantitative estimate of drug-likeness (QED) is 0.200. The number of halogens is 3. The van der Waals surface area contributed by atoms with Gasteiger partial charge < -0.3 is 15.1 Å². The van der Waals surface area contributed by atoms with Gasteiger partial charge in [-0.1, -0.05) is 30.3 Å². The highest BCUT2D eigenvalue weighted by Crippen LogP contribution is 2.37. The lowest BCUT2D eigenvalue weighted by molar-refractivity contribution is -0.118. The summed E-state index contributed by atoms with van der Waals surface area (Å²) in [6, 6.07) is 22.5. The molecule has 44 heavy (non-hydrogen) atoms. The Balaban J connectivity index is 1.25. The number of aryl methyl sites for hydroxylation is 1. The summed E-state index contributed by atoms with van der Waals surface area (Å²) in [5.41, 5.74) is 10.7. The number of piperidine rings is 1. The molecule has 0 unspecified atom stereocenters. The number of carbonyl (C=O) groups is 2. The van der Waals surface area contributed by atoms with Crippen LogP contribution < -0.4 is 5.73 Å². The van der Waals surface area contributed by atoms with Gasteiger partial charge in [-0.2, -0.15) is 0 Å². The topological polar surface area (TPSA) is 89.4 Å². The van der Waals surface area contributed by atoms with Crippen molar-refractivity contribution in [2.75, 3.05) is 18.8 Å². The van der Waals surface area contributed by atoms with Crippen molar-refractivity contribution in [1.82, 2.24) is 9.88 Å². The summed E-state index contributed by atoms with van der Waals surface area (Å²) < 4.78 is 47.1. The maximum Gasteiger partial charge on any atom is 0.253 e. The first-order valence-corrected chi connectivity index (χ1v) is 14.5. The first kappa shape index (κ1) is 29.2. The summed E-state index contributed by atoms with van der Waals surface area (Å²) in [5, 5.41) is 0.821. The highest BCUT2D eigenvalue weighted by atomic mass is 19.3. The zero-order valence-electron chi connectivity index (χ0n) is 23.9. The fourth-order valence-corrected chi connectivity index (χ4v) is 5.48. The number of aromatic nitrogens is 1. The Hall–Kier alpha value is -4.92. The van der Waals surface area contributed by atoms with E-state index in [-0.39, 0.29) is 56.3 Å². The number of carbonyl (C=O) groups excluding carboxylic acids is 2. The fraction of sp³-hybridized carbons (Fsp3) is 0.229. The number of nitrogens with zero attached hydrogens (tertiary/aromatic N) is 2. The summed E-state index contributed by atoms with van der Waals surface area (Å²) in [6.45, 7) is 0.0522. The van der Waals surface area contributed by atoms with E-state index in [4.69, 9.17) is 10.2 Å². The van der Waals surface area contributed by atoms with Gasteiger partial charge in [-0.25, -0.2) is 18.2 Å². The molecule has 2 aromatic heterocycles. The number of rotatable bonds is 8. The molecule has 224 valence electrons. The molecule has 0 aliphatic carbocycles. The van der Waals surface area contributed by atoms with E-state index in [0.29, 0.717) is 29.1 Å². The number of anilines is 1. The number of likely N-dealkylation sites (tertiary alicyclic amines) is 1. The number of benzene rings is 3. The molecule has 1 amide bonds. The molecule has 0 atom stereocenters. The van der Waals surface area contributed by atoms with Gasteiger partial charge in [-0.05, 0) is 70.8 Å². The van der Waals surface area contributed by atoms with E-state index in [2.05, 4.69) is 4.98 Å². The molecular formula is C35H30F3N3O3. The van der Waals surface area contributed by atoms with E-state index >= 15 is 0 Å². The third kappa shape index (κ3) is 6.51. The average molecular weight is 598 g/mol. The maximum atomic E-state index is 13.8. The number of pyridine rings is 1. The summed E-state index contributed by atoms with van der Waals surface area (Å²) in [4.78, 5) is 31.1. The van der Waals surface area contributed by atoms with Gasteiger partial charge in [-0.3, -0.25) is 9.59 Å². The number of nitrogen functional groups attached to an aromatic ring is 1. The largest absolute Gasteiger partial charge is 0.460 e. The number of amides is 1. The third-order valence-electron chi connectivity index (χ3n) is 7.97. The van der Waals surface area contributed by atoms with Crippen LogP contribution in [0.1, 0.15) is 40.9 Å². The molecule has 6 rings (SSSR count). The van der Waals surface area contributed by atoms with Crippen LogP contribution in [-0.2, 0) is 17.6 Å². The Morgan fingerprint density at radius 2 is 1.59 bits per heavy atom. The zero-order valence-corrected chi connectivity index (χ0v) is 23.9. The molecule has 1 saturated heterocycles. The Morgan fingerprint density at radius 3 is 2.27 bits per heavy atom. The number of alkyl halides is 2. The summed E-state index contributed by atoms with van der Waals surface area (Å²) in [7, 11) is 0. The second kappa shape index (κ2) is 12.0. The van der Waals surface area contributed by atoms with Crippen molar-refractivity contribution in [2.24, 2.45) is 0 Å². The molecule has 5 aromatic rings. The highest BCUT2D eigenvalue weighted by molar-refractivity contribution is 5.98. The van der Waals surface area contributed by atoms with Crippen LogP contribution in [0.4, 0.5) is 19.0 Å². The van der Waals surface area contributed by atoms with Crippen molar-refractivity contribution >= 4 is 28.5 Å². The van der Waals surface area contributed by atoms with Crippen molar-refractivity contribution in [3.05, 3.63) is 108 Å². The Morgan fingerprint density at radius 1 is 0.886 bits per heavy atom. The van der Waals surface area contributed by atoms with Crippen LogP contribution >= 0.6 is 0 Å². The zero-order chi connectivity index (χ0) is 30.8. The minimum absolute atomic E-state index is 0.0261. The van der Waals surface area contributed by atoms with Crippen LogP contribution in [0, 0.1) is 5.82 Å². The van der Waals surface area contributed by atoms with Gasteiger partial charge in [0.2, 0.25) is 0 Å². The number of furan rings is 1. The van der Waals surface area contributed by atoms with Crippen molar-refractivity contribution in [2.45, 2.75) is 38.0 Å². The van der Waals surface area contributed by atoms with Crippen LogP contribution in [0.3, 0.4) is 0 Å². The summed E-state index contributed by atoms with van der Waals surface area (Å²) in [5.74, 6) is -2.25. The fourth-order valence-electron chi connectivity index (χ4n) is 5.48. The first-order valence-electron chi connectivity index (χ1n) is 14.5. The number of fused-ring (bicyclic) bond motifs is 1. The summed E-state index contributed by atoms with van der Waals surface area (Å²) >= 11 is 0. The van der Waals surface area contributed by atoms with Crippen LogP contribution in [-0.4, -0.2) is 40.6 Å². The third-order valence-corrected chi connectivity index (χ3v) is 7.97. The molecule has 0 bridgehead atoms. The number of hydrogen-bond donors (Lipinski definition) is 1. The Bertz CT molecular complexity index is 1810. The number of ketones is 1. The van der Waals surface area contributed by atoms with E-state index in [0.717, 1.165) is 33.2 Å². The van der Waals surface area contributed by atoms with Gasteiger partial charge in [0, 0.05) is 67.9 Å². The molecule has 1 aliphatic rings. The smallest absolute Gasteiger partial charge is 0.253 e. The van der Waals surface area contributed by atoms with Gasteiger partial charge in [0.25, 0.3) is 11.8 Å². The van der Waals surface area contributed by atoms with Gasteiger partial charge in [-0.15, -0.1) is 0 Å². The number of nitrogens with two attached hydrogens (primary N) is 1. The second-order valence-corrected chi connectivity index (χ2v) is 11.2. The predicted octanol–water partition coefficient (Wildman–Crippen LogP) is 7.50. The minimum Gasteiger partial charge on any atom is -0.460 e. The first-order chi connectivity index (χ1) is 21.1. The molecule has 0 saturated carbocycles. The molecule has 0 spiro atoms. The minimum atomic E-state index is -2.72. The second-order valence-electron chi connectivity index (χ2n) is 11.2. The lowest BCUT2D eigenvalue weighted by atomic mass is 9.96. The van der Waals surface area contributed by atoms with E-state index in [1.54, 1.807) is 42.6 Å². The molecule has 1 aliphatic heterocycles. The van der Waals surface area contributed by atoms with Crippen LogP contribution in [0.25, 0.3) is 33.2 Å². The van der Waals surface area contributed by atoms with Gasteiger partial charge in [0.05, 0.1) is 0 Å². The molecule has 2 N–H and O–H groups in total. The van der Waals surface area contributed by atoms with Crippen molar-refractivity contribution in [3.63, 3.8) is 0 Å².